The first-order chi connectivity index (χ1) is 13.1. The number of para-hydroxylation sites is 1. The number of rotatable bonds is 6. The number of carbonyl (C=O) groups excluding carboxylic acids is 2. The van der Waals surface area contributed by atoms with Gasteiger partial charge in [-0.05, 0) is 50.8 Å². The maximum absolute atomic E-state index is 12.5. The van der Waals surface area contributed by atoms with Crippen molar-refractivity contribution in [3.05, 3.63) is 29.8 Å². The Labute approximate surface area is 161 Å². The van der Waals surface area contributed by atoms with Gasteiger partial charge in [0.1, 0.15) is 11.8 Å². The Hall–Kier alpha value is -2.08. The van der Waals surface area contributed by atoms with E-state index in [9.17, 15) is 9.59 Å². The number of aryl methyl sites for hydroxylation is 1. The van der Waals surface area contributed by atoms with E-state index in [0.717, 1.165) is 57.4 Å². The van der Waals surface area contributed by atoms with Crippen molar-refractivity contribution in [1.29, 1.82) is 0 Å². The Morgan fingerprint density at radius 3 is 2.93 bits per heavy atom. The number of amides is 2. The quantitative estimate of drug-likeness (QED) is 0.717. The van der Waals surface area contributed by atoms with Crippen LogP contribution in [0.1, 0.15) is 37.7 Å². The Bertz CT molecular complexity index is 708. The van der Waals surface area contributed by atoms with E-state index in [1.54, 1.807) is 9.80 Å². The Morgan fingerprint density at radius 1 is 1.19 bits per heavy atom. The SMILES string of the molecule is CN(CCCCN1CC(=O)N2CCCC2C1=O)C1CCc2ccccc2O1. The molecule has 1 aromatic carbocycles. The van der Waals surface area contributed by atoms with Crippen molar-refractivity contribution in [3.8, 4) is 5.75 Å². The lowest BCUT2D eigenvalue weighted by atomic mass is 10.0. The highest BCUT2D eigenvalue weighted by molar-refractivity contribution is 5.95. The minimum absolute atomic E-state index is 0.114. The third-order valence-electron chi connectivity index (χ3n) is 6.07. The van der Waals surface area contributed by atoms with Crippen molar-refractivity contribution < 1.29 is 14.3 Å². The van der Waals surface area contributed by atoms with E-state index in [0.29, 0.717) is 6.54 Å². The third kappa shape index (κ3) is 3.81. The standard InChI is InChI=1S/C21H29N3O3/c1-22(20-11-10-16-7-2-3-9-18(16)27-20)12-4-5-13-23-15-19(25)24-14-6-8-17(24)21(23)26/h2-3,7,9,17,20H,4-6,8,10-15H2,1H3. The molecule has 1 aromatic rings. The predicted molar refractivity (Wildman–Crippen MR) is 102 cm³/mol. The van der Waals surface area contributed by atoms with E-state index in [1.165, 1.54) is 5.56 Å². The number of carbonyl (C=O) groups is 2. The molecule has 0 N–H and O–H groups in total. The van der Waals surface area contributed by atoms with Crippen molar-refractivity contribution in [2.24, 2.45) is 0 Å². The van der Waals surface area contributed by atoms with E-state index in [1.807, 2.05) is 12.1 Å². The van der Waals surface area contributed by atoms with E-state index in [4.69, 9.17) is 4.74 Å². The van der Waals surface area contributed by atoms with Gasteiger partial charge in [-0.15, -0.1) is 0 Å². The average molecular weight is 371 g/mol. The van der Waals surface area contributed by atoms with E-state index < -0.39 is 0 Å². The molecule has 0 radical (unpaired) electrons. The van der Waals surface area contributed by atoms with Crippen LogP contribution in [0.2, 0.25) is 0 Å². The number of hydrogen-bond acceptors (Lipinski definition) is 4. The molecular weight excluding hydrogens is 342 g/mol. The molecule has 3 aliphatic heterocycles. The van der Waals surface area contributed by atoms with Gasteiger partial charge in [0.2, 0.25) is 11.8 Å². The fourth-order valence-corrected chi connectivity index (χ4v) is 4.48. The van der Waals surface area contributed by atoms with Crippen molar-refractivity contribution >= 4 is 11.8 Å². The lowest BCUT2D eigenvalue weighted by Gasteiger charge is -2.36. The number of piperazine rings is 1. The molecule has 4 rings (SSSR count). The highest BCUT2D eigenvalue weighted by Gasteiger charge is 2.41. The third-order valence-corrected chi connectivity index (χ3v) is 6.07. The van der Waals surface area contributed by atoms with Crippen LogP contribution in [0.3, 0.4) is 0 Å². The number of ether oxygens (including phenoxy) is 1. The van der Waals surface area contributed by atoms with Gasteiger partial charge in [-0.3, -0.25) is 14.5 Å². The lowest BCUT2D eigenvalue weighted by molar-refractivity contribution is -0.153. The van der Waals surface area contributed by atoms with Gasteiger partial charge in [-0.1, -0.05) is 18.2 Å². The summed E-state index contributed by atoms with van der Waals surface area (Å²) in [4.78, 5) is 30.5. The maximum Gasteiger partial charge on any atom is 0.245 e. The first kappa shape index (κ1) is 18.3. The van der Waals surface area contributed by atoms with Crippen LogP contribution in [0, 0.1) is 0 Å². The second kappa shape index (κ2) is 7.89. The van der Waals surface area contributed by atoms with Gasteiger partial charge in [-0.25, -0.2) is 0 Å². The van der Waals surface area contributed by atoms with E-state index in [-0.39, 0.29) is 30.6 Å². The number of hydrogen-bond donors (Lipinski definition) is 0. The molecule has 0 spiro atoms. The molecule has 0 aliphatic carbocycles. The Balaban J connectivity index is 1.21. The Kier molecular flexibility index (Phi) is 5.34. The summed E-state index contributed by atoms with van der Waals surface area (Å²) in [5.74, 6) is 1.26. The molecule has 0 bridgehead atoms. The van der Waals surface area contributed by atoms with Gasteiger partial charge in [0, 0.05) is 26.1 Å². The number of unbranched alkanes of at least 4 members (excludes halogenated alkanes) is 1. The Morgan fingerprint density at radius 2 is 2.04 bits per heavy atom. The van der Waals surface area contributed by atoms with Crippen molar-refractivity contribution in [1.82, 2.24) is 14.7 Å². The molecule has 27 heavy (non-hydrogen) atoms. The largest absolute Gasteiger partial charge is 0.475 e. The van der Waals surface area contributed by atoms with Gasteiger partial charge in [0.25, 0.3) is 0 Å². The molecule has 3 heterocycles. The smallest absolute Gasteiger partial charge is 0.245 e. The zero-order valence-electron chi connectivity index (χ0n) is 16.1. The molecule has 6 nitrogen and oxygen atoms in total. The van der Waals surface area contributed by atoms with Gasteiger partial charge in [0.15, 0.2) is 6.23 Å². The number of fused-ring (bicyclic) bond motifs is 2. The summed E-state index contributed by atoms with van der Waals surface area (Å²) in [7, 11) is 2.10. The minimum Gasteiger partial charge on any atom is -0.475 e. The summed E-state index contributed by atoms with van der Waals surface area (Å²) in [5.41, 5.74) is 1.29. The summed E-state index contributed by atoms with van der Waals surface area (Å²) < 4.78 is 6.13. The molecule has 0 saturated carbocycles. The van der Waals surface area contributed by atoms with Gasteiger partial charge >= 0.3 is 0 Å². The van der Waals surface area contributed by atoms with Gasteiger partial charge in [0.05, 0.1) is 6.54 Å². The van der Waals surface area contributed by atoms with Crippen LogP contribution >= 0.6 is 0 Å². The molecule has 2 fully saturated rings. The summed E-state index contributed by atoms with van der Waals surface area (Å²) in [6.07, 6.45) is 5.85. The fraction of sp³-hybridized carbons (Fsp3) is 0.619. The lowest BCUT2D eigenvalue weighted by Crippen LogP contribution is -2.57. The summed E-state index contributed by atoms with van der Waals surface area (Å²) in [6.45, 7) is 2.61. The molecule has 146 valence electrons. The van der Waals surface area contributed by atoms with E-state index >= 15 is 0 Å². The van der Waals surface area contributed by atoms with Gasteiger partial charge in [-0.2, -0.15) is 0 Å². The van der Waals surface area contributed by atoms with Crippen LogP contribution in [0.25, 0.3) is 0 Å². The van der Waals surface area contributed by atoms with Gasteiger partial charge < -0.3 is 14.5 Å². The molecule has 6 heteroatoms. The first-order valence-electron chi connectivity index (χ1n) is 10.2. The van der Waals surface area contributed by atoms with Crippen molar-refractivity contribution in [2.75, 3.05) is 33.2 Å². The fourth-order valence-electron chi connectivity index (χ4n) is 4.48. The average Bonchev–Trinajstić information content (AvgIpc) is 3.19. The van der Waals surface area contributed by atoms with Crippen LogP contribution in [0.5, 0.6) is 5.75 Å². The number of nitrogens with zero attached hydrogens (tertiary/aromatic N) is 3. The van der Waals surface area contributed by atoms with Crippen molar-refractivity contribution in [3.63, 3.8) is 0 Å². The number of benzene rings is 1. The second-order valence-electron chi connectivity index (χ2n) is 7.91. The summed E-state index contributed by atoms with van der Waals surface area (Å²) in [6, 6.07) is 8.06. The highest BCUT2D eigenvalue weighted by Crippen LogP contribution is 2.28. The van der Waals surface area contributed by atoms with Crippen LogP contribution in [-0.2, 0) is 16.0 Å². The van der Waals surface area contributed by atoms with Crippen LogP contribution < -0.4 is 4.74 Å². The molecule has 2 saturated heterocycles. The molecular formula is C21H29N3O3. The predicted octanol–water partition coefficient (Wildman–Crippen LogP) is 1.88. The van der Waals surface area contributed by atoms with E-state index in [2.05, 4.69) is 24.1 Å². The maximum atomic E-state index is 12.5. The zero-order chi connectivity index (χ0) is 18.8. The van der Waals surface area contributed by atoms with Crippen LogP contribution in [0.15, 0.2) is 24.3 Å². The molecule has 2 atom stereocenters. The summed E-state index contributed by atoms with van der Waals surface area (Å²) in [5, 5.41) is 0. The molecule has 3 aliphatic rings. The normalized spacial score (nSPS) is 24.8. The van der Waals surface area contributed by atoms with Crippen LogP contribution in [-0.4, -0.2) is 72.0 Å². The monoisotopic (exact) mass is 371 g/mol. The zero-order valence-corrected chi connectivity index (χ0v) is 16.1. The molecule has 2 amide bonds. The van der Waals surface area contributed by atoms with Crippen molar-refractivity contribution in [2.45, 2.75) is 50.8 Å². The molecule has 2 unspecified atom stereocenters. The summed E-state index contributed by atoms with van der Waals surface area (Å²) >= 11 is 0. The first-order valence-corrected chi connectivity index (χ1v) is 10.2. The van der Waals surface area contributed by atoms with Crippen LogP contribution in [0.4, 0.5) is 0 Å². The highest BCUT2D eigenvalue weighted by atomic mass is 16.5. The minimum atomic E-state index is -0.190. The topological polar surface area (TPSA) is 53.1 Å². The second-order valence-corrected chi connectivity index (χ2v) is 7.91. The molecule has 0 aromatic heterocycles.